The van der Waals surface area contributed by atoms with Crippen molar-refractivity contribution in [3.05, 3.63) is 45.5 Å². The number of hydrogen-bond acceptors (Lipinski definition) is 5. The number of carbonyl (C=O) groups is 1. The van der Waals surface area contributed by atoms with Gasteiger partial charge in [-0.25, -0.2) is 4.79 Å². The summed E-state index contributed by atoms with van der Waals surface area (Å²) in [6.07, 6.45) is 1.34. The van der Waals surface area contributed by atoms with Gasteiger partial charge in [0.25, 0.3) is 5.69 Å². The molecule has 0 aromatic heterocycles. The number of hydrogen-bond donors (Lipinski definition) is 0. The van der Waals surface area contributed by atoms with Gasteiger partial charge in [-0.3, -0.25) is 10.1 Å². The van der Waals surface area contributed by atoms with Gasteiger partial charge < -0.3 is 4.74 Å². The fourth-order valence-electron chi connectivity index (χ4n) is 1.32. The van der Waals surface area contributed by atoms with E-state index >= 15 is 0 Å². The molecule has 0 radical (unpaired) electrons. The van der Waals surface area contributed by atoms with E-state index in [4.69, 9.17) is 10.00 Å². The van der Waals surface area contributed by atoms with Crippen molar-refractivity contribution in [2.45, 2.75) is 13.8 Å². The second kappa shape index (κ2) is 7.04. The average molecular weight is 274 g/mol. The molecule has 0 amide bonds. The molecule has 20 heavy (non-hydrogen) atoms. The molecule has 6 heteroatoms. The van der Waals surface area contributed by atoms with Gasteiger partial charge in [-0.1, -0.05) is 13.8 Å². The standard InChI is InChI=1S/C14H14N2O4/c1-10(2)9-20-14(17)12(8-15)7-11-3-5-13(6-4-11)16(18)19/h3-7,10H,9H2,1-2H3/b12-7+. The van der Waals surface area contributed by atoms with Gasteiger partial charge in [-0.2, -0.15) is 5.26 Å². The summed E-state index contributed by atoms with van der Waals surface area (Å²) in [4.78, 5) is 21.6. The van der Waals surface area contributed by atoms with Crippen LogP contribution in [0.1, 0.15) is 19.4 Å². The molecule has 6 nitrogen and oxygen atoms in total. The minimum absolute atomic E-state index is 0.0527. The summed E-state index contributed by atoms with van der Waals surface area (Å²) in [5.74, 6) is -0.516. The van der Waals surface area contributed by atoms with Crippen LogP contribution in [0.15, 0.2) is 29.8 Å². The quantitative estimate of drug-likeness (QED) is 0.270. The van der Waals surface area contributed by atoms with Gasteiger partial charge in [-0.15, -0.1) is 0 Å². The minimum atomic E-state index is -0.695. The highest BCUT2D eigenvalue weighted by atomic mass is 16.6. The van der Waals surface area contributed by atoms with Crippen LogP contribution in [0.4, 0.5) is 5.69 Å². The molecule has 0 spiro atoms. The van der Waals surface area contributed by atoms with Gasteiger partial charge in [0.05, 0.1) is 11.5 Å². The number of non-ortho nitro benzene ring substituents is 1. The van der Waals surface area contributed by atoms with E-state index < -0.39 is 10.9 Å². The molecule has 0 saturated carbocycles. The van der Waals surface area contributed by atoms with Gasteiger partial charge in [0.1, 0.15) is 11.6 Å². The summed E-state index contributed by atoms with van der Waals surface area (Å²) in [6, 6.07) is 7.30. The smallest absolute Gasteiger partial charge is 0.348 e. The first-order chi connectivity index (χ1) is 9.43. The predicted octanol–water partition coefficient (Wildman–Crippen LogP) is 2.70. The first kappa shape index (κ1) is 15.4. The Morgan fingerprint density at radius 3 is 2.50 bits per heavy atom. The summed E-state index contributed by atoms with van der Waals surface area (Å²) in [5.41, 5.74) is 0.330. The third kappa shape index (κ3) is 4.53. The number of esters is 1. The van der Waals surface area contributed by atoms with Gasteiger partial charge >= 0.3 is 5.97 Å². The van der Waals surface area contributed by atoms with Crippen molar-refractivity contribution in [1.82, 2.24) is 0 Å². The van der Waals surface area contributed by atoms with Crippen LogP contribution < -0.4 is 0 Å². The third-order valence-electron chi connectivity index (χ3n) is 2.30. The van der Waals surface area contributed by atoms with E-state index in [1.54, 1.807) is 6.07 Å². The minimum Gasteiger partial charge on any atom is -0.461 e. The Morgan fingerprint density at radius 1 is 1.45 bits per heavy atom. The van der Waals surface area contributed by atoms with Crippen molar-refractivity contribution >= 4 is 17.7 Å². The predicted molar refractivity (Wildman–Crippen MR) is 72.5 cm³/mol. The van der Waals surface area contributed by atoms with Crippen LogP contribution in [0.3, 0.4) is 0 Å². The molecule has 1 aromatic rings. The zero-order valence-corrected chi connectivity index (χ0v) is 11.2. The molecule has 0 heterocycles. The van der Waals surface area contributed by atoms with Crippen LogP contribution in [-0.4, -0.2) is 17.5 Å². The zero-order valence-electron chi connectivity index (χ0n) is 11.2. The monoisotopic (exact) mass is 274 g/mol. The summed E-state index contributed by atoms with van der Waals surface area (Å²) >= 11 is 0. The van der Waals surface area contributed by atoms with Crippen LogP contribution in [0.5, 0.6) is 0 Å². The Hall–Kier alpha value is -2.68. The Bertz CT molecular complexity index is 568. The highest BCUT2D eigenvalue weighted by Crippen LogP contribution is 2.14. The van der Waals surface area contributed by atoms with Gasteiger partial charge in [0.15, 0.2) is 0 Å². The number of carbonyl (C=O) groups excluding carboxylic acids is 1. The van der Waals surface area contributed by atoms with Crippen molar-refractivity contribution < 1.29 is 14.5 Å². The summed E-state index contributed by atoms with van der Waals surface area (Å²) in [7, 11) is 0. The first-order valence-corrected chi connectivity index (χ1v) is 5.97. The lowest BCUT2D eigenvalue weighted by Gasteiger charge is -2.05. The molecule has 0 aliphatic rings. The molecule has 0 saturated heterocycles. The molecule has 0 unspecified atom stereocenters. The lowest BCUT2D eigenvalue weighted by Crippen LogP contribution is -2.11. The van der Waals surface area contributed by atoms with Crippen molar-refractivity contribution in [1.29, 1.82) is 5.26 Å². The van der Waals surface area contributed by atoms with Crippen LogP contribution in [0.25, 0.3) is 6.08 Å². The zero-order chi connectivity index (χ0) is 15.1. The normalized spacial score (nSPS) is 11.0. The summed E-state index contributed by atoms with van der Waals surface area (Å²) < 4.78 is 4.95. The number of ether oxygens (including phenoxy) is 1. The van der Waals surface area contributed by atoms with E-state index in [1.165, 1.54) is 30.3 Å². The van der Waals surface area contributed by atoms with Gasteiger partial charge in [0.2, 0.25) is 0 Å². The third-order valence-corrected chi connectivity index (χ3v) is 2.30. The lowest BCUT2D eigenvalue weighted by molar-refractivity contribution is -0.384. The van der Waals surface area contributed by atoms with E-state index in [0.717, 1.165) is 0 Å². The second-order valence-electron chi connectivity index (χ2n) is 4.51. The topological polar surface area (TPSA) is 93.2 Å². The maximum absolute atomic E-state index is 11.6. The average Bonchev–Trinajstić information content (AvgIpc) is 2.42. The Labute approximate surface area is 116 Å². The Balaban J connectivity index is 2.86. The Kier molecular flexibility index (Phi) is 5.42. The highest BCUT2D eigenvalue weighted by Gasteiger charge is 2.12. The molecule has 0 atom stereocenters. The van der Waals surface area contributed by atoms with Gasteiger partial charge in [0, 0.05) is 12.1 Å². The molecular formula is C14H14N2O4. The number of nitro groups is 1. The fraction of sp³-hybridized carbons (Fsp3) is 0.286. The fourth-order valence-corrected chi connectivity index (χ4v) is 1.32. The SMILES string of the molecule is CC(C)COC(=O)/C(C#N)=C/c1ccc([N+](=O)[O-])cc1. The van der Waals surface area contributed by atoms with Crippen molar-refractivity contribution in [2.24, 2.45) is 5.92 Å². The van der Waals surface area contributed by atoms with E-state index in [1.807, 2.05) is 13.8 Å². The van der Waals surface area contributed by atoms with Crippen molar-refractivity contribution in [3.63, 3.8) is 0 Å². The van der Waals surface area contributed by atoms with Crippen molar-refractivity contribution in [2.75, 3.05) is 6.61 Å². The number of nitrogens with zero attached hydrogens (tertiary/aromatic N) is 2. The summed E-state index contributed by atoms with van der Waals surface area (Å²) in [5, 5.41) is 19.4. The second-order valence-corrected chi connectivity index (χ2v) is 4.51. The molecule has 104 valence electrons. The summed E-state index contributed by atoms with van der Waals surface area (Å²) in [6.45, 7) is 4.01. The van der Waals surface area contributed by atoms with Crippen LogP contribution in [0, 0.1) is 27.4 Å². The van der Waals surface area contributed by atoms with E-state index in [2.05, 4.69) is 0 Å². The number of benzene rings is 1. The molecule has 1 aromatic carbocycles. The number of rotatable bonds is 5. The maximum Gasteiger partial charge on any atom is 0.348 e. The molecule has 0 bridgehead atoms. The van der Waals surface area contributed by atoms with E-state index in [9.17, 15) is 14.9 Å². The molecule has 0 fully saturated rings. The number of nitriles is 1. The van der Waals surface area contributed by atoms with Crippen LogP contribution >= 0.6 is 0 Å². The van der Waals surface area contributed by atoms with Crippen LogP contribution in [-0.2, 0) is 9.53 Å². The maximum atomic E-state index is 11.6. The van der Waals surface area contributed by atoms with Crippen molar-refractivity contribution in [3.8, 4) is 6.07 Å². The molecule has 0 aliphatic heterocycles. The van der Waals surface area contributed by atoms with E-state index in [-0.39, 0.29) is 23.8 Å². The first-order valence-electron chi connectivity index (χ1n) is 5.97. The lowest BCUT2D eigenvalue weighted by atomic mass is 10.1. The largest absolute Gasteiger partial charge is 0.461 e. The van der Waals surface area contributed by atoms with E-state index in [0.29, 0.717) is 5.56 Å². The molecule has 0 N–H and O–H groups in total. The van der Waals surface area contributed by atoms with Gasteiger partial charge in [-0.05, 0) is 29.7 Å². The molecular weight excluding hydrogens is 260 g/mol. The molecule has 0 aliphatic carbocycles. The van der Waals surface area contributed by atoms with Crippen LogP contribution in [0.2, 0.25) is 0 Å². The number of nitro benzene ring substituents is 1. The highest BCUT2D eigenvalue weighted by molar-refractivity contribution is 5.97. The Morgan fingerprint density at radius 2 is 2.05 bits per heavy atom. The molecule has 1 rings (SSSR count).